The summed E-state index contributed by atoms with van der Waals surface area (Å²) in [7, 11) is 2.15. The lowest BCUT2D eigenvalue weighted by atomic mass is 9.96. The van der Waals surface area contributed by atoms with Crippen molar-refractivity contribution in [3.63, 3.8) is 0 Å². The van der Waals surface area contributed by atoms with Gasteiger partial charge in [-0.2, -0.15) is 0 Å². The fourth-order valence-corrected chi connectivity index (χ4v) is 1.99. The minimum atomic E-state index is 0.766. The van der Waals surface area contributed by atoms with Crippen LogP contribution in [0.25, 0.3) is 0 Å². The topological polar surface area (TPSA) is 3.24 Å². The van der Waals surface area contributed by atoms with Gasteiger partial charge in [-0.1, -0.05) is 38.7 Å². The summed E-state index contributed by atoms with van der Waals surface area (Å²) in [6, 6.07) is 0.766. The van der Waals surface area contributed by atoms with E-state index in [1.165, 1.54) is 44.9 Å². The van der Waals surface area contributed by atoms with Crippen LogP contribution in [0.2, 0.25) is 0 Å². The Labute approximate surface area is 76.5 Å². The van der Waals surface area contributed by atoms with Gasteiger partial charge >= 0.3 is 0 Å². The van der Waals surface area contributed by atoms with Gasteiger partial charge < -0.3 is 4.90 Å². The van der Waals surface area contributed by atoms with E-state index < -0.39 is 0 Å². The van der Waals surface area contributed by atoms with Gasteiger partial charge in [0.1, 0.15) is 0 Å². The second-order valence-electron chi connectivity index (χ2n) is 3.85. The van der Waals surface area contributed by atoms with Crippen molar-refractivity contribution in [1.29, 1.82) is 0 Å². The minimum absolute atomic E-state index is 0.766. The molecule has 70 valence electrons. The van der Waals surface area contributed by atoms with Crippen molar-refractivity contribution in [1.82, 2.24) is 4.90 Å². The van der Waals surface area contributed by atoms with Crippen LogP contribution in [0.1, 0.15) is 44.9 Å². The van der Waals surface area contributed by atoms with Crippen LogP contribution in [-0.2, 0) is 0 Å². The molecule has 0 saturated heterocycles. The molecule has 0 atom stereocenters. The van der Waals surface area contributed by atoms with Crippen LogP contribution in [0.3, 0.4) is 0 Å². The van der Waals surface area contributed by atoms with Crippen LogP contribution in [0.5, 0.6) is 0 Å². The van der Waals surface area contributed by atoms with Crippen LogP contribution in [0.4, 0.5) is 0 Å². The molecule has 0 bridgehead atoms. The third-order valence-electron chi connectivity index (χ3n) is 2.94. The Morgan fingerprint density at radius 3 is 2.08 bits per heavy atom. The van der Waals surface area contributed by atoms with Crippen molar-refractivity contribution in [3.05, 3.63) is 12.8 Å². The predicted molar refractivity (Wildman–Crippen MR) is 54.1 cm³/mol. The lowest BCUT2D eigenvalue weighted by molar-refractivity contribution is 0.269. The zero-order valence-corrected chi connectivity index (χ0v) is 8.26. The highest BCUT2D eigenvalue weighted by atomic mass is 15.1. The van der Waals surface area contributed by atoms with Gasteiger partial charge in [-0.25, -0.2) is 0 Å². The van der Waals surface area contributed by atoms with Crippen LogP contribution in [0, 0.1) is 0 Å². The standard InChI is InChI=1S/C11H21N/c1-3-12(2)11-9-7-5-4-6-8-10-11/h3,11H,1,4-10H2,2H3. The molecule has 0 unspecified atom stereocenters. The molecule has 0 aromatic heterocycles. The van der Waals surface area contributed by atoms with Crippen molar-refractivity contribution < 1.29 is 0 Å². The minimum Gasteiger partial charge on any atom is -0.378 e. The van der Waals surface area contributed by atoms with E-state index in [0.717, 1.165) is 6.04 Å². The van der Waals surface area contributed by atoms with Crippen molar-refractivity contribution >= 4 is 0 Å². The van der Waals surface area contributed by atoms with E-state index in [0.29, 0.717) is 0 Å². The van der Waals surface area contributed by atoms with Crippen LogP contribution in [0.15, 0.2) is 12.8 Å². The van der Waals surface area contributed by atoms with E-state index >= 15 is 0 Å². The molecule has 1 saturated carbocycles. The molecule has 1 aliphatic rings. The van der Waals surface area contributed by atoms with Gasteiger partial charge in [0.15, 0.2) is 0 Å². The molecule has 0 heterocycles. The average Bonchev–Trinajstić information content (AvgIpc) is 2.02. The Morgan fingerprint density at radius 2 is 1.58 bits per heavy atom. The molecule has 0 aromatic carbocycles. The molecule has 1 fully saturated rings. The van der Waals surface area contributed by atoms with E-state index in [9.17, 15) is 0 Å². The van der Waals surface area contributed by atoms with Crippen LogP contribution in [-0.4, -0.2) is 18.0 Å². The first kappa shape index (κ1) is 9.63. The maximum Gasteiger partial charge on any atom is 0.0280 e. The molecule has 1 aliphatic carbocycles. The van der Waals surface area contributed by atoms with Gasteiger partial charge in [-0.05, 0) is 19.0 Å². The molecule has 0 aliphatic heterocycles. The number of rotatable bonds is 2. The van der Waals surface area contributed by atoms with Crippen molar-refractivity contribution in [2.75, 3.05) is 7.05 Å². The molecular weight excluding hydrogens is 146 g/mol. The Balaban J connectivity index is 2.33. The van der Waals surface area contributed by atoms with E-state index in [4.69, 9.17) is 0 Å². The number of hydrogen-bond acceptors (Lipinski definition) is 1. The first-order chi connectivity index (χ1) is 5.84. The first-order valence-electron chi connectivity index (χ1n) is 5.19. The van der Waals surface area contributed by atoms with Crippen molar-refractivity contribution in [2.45, 2.75) is 51.0 Å². The van der Waals surface area contributed by atoms with Gasteiger partial charge in [0.05, 0.1) is 0 Å². The highest BCUT2D eigenvalue weighted by molar-refractivity contribution is 4.77. The lowest BCUT2D eigenvalue weighted by Crippen LogP contribution is -2.27. The van der Waals surface area contributed by atoms with Gasteiger partial charge in [0, 0.05) is 13.1 Å². The van der Waals surface area contributed by atoms with E-state index in [2.05, 4.69) is 18.5 Å². The Kier molecular flexibility index (Phi) is 4.20. The normalized spacial score (nSPS) is 21.1. The smallest absolute Gasteiger partial charge is 0.0280 e. The monoisotopic (exact) mass is 167 g/mol. The summed E-state index contributed by atoms with van der Waals surface area (Å²) in [4.78, 5) is 2.28. The second kappa shape index (κ2) is 5.23. The summed E-state index contributed by atoms with van der Waals surface area (Å²) in [6.07, 6.45) is 11.8. The third-order valence-corrected chi connectivity index (χ3v) is 2.94. The number of hydrogen-bond donors (Lipinski definition) is 0. The van der Waals surface area contributed by atoms with Gasteiger partial charge in [-0.3, -0.25) is 0 Å². The Morgan fingerprint density at radius 1 is 1.08 bits per heavy atom. The Bertz CT molecular complexity index is 123. The fourth-order valence-electron chi connectivity index (χ4n) is 1.99. The van der Waals surface area contributed by atoms with E-state index in [1.54, 1.807) is 0 Å². The van der Waals surface area contributed by atoms with E-state index in [1.807, 2.05) is 6.20 Å². The summed E-state index contributed by atoms with van der Waals surface area (Å²) >= 11 is 0. The molecule has 0 N–H and O–H groups in total. The number of nitrogens with zero attached hydrogens (tertiary/aromatic N) is 1. The van der Waals surface area contributed by atoms with E-state index in [-0.39, 0.29) is 0 Å². The predicted octanol–water partition coefficient (Wildman–Crippen LogP) is 3.17. The molecule has 0 radical (unpaired) electrons. The van der Waals surface area contributed by atoms with Gasteiger partial charge in [0.2, 0.25) is 0 Å². The molecular formula is C11H21N. The summed E-state index contributed by atoms with van der Waals surface area (Å²) in [5.41, 5.74) is 0. The highest BCUT2D eigenvalue weighted by Crippen LogP contribution is 2.20. The van der Waals surface area contributed by atoms with Gasteiger partial charge in [-0.15, -0.1) is 0 Å². The van der Waals surface area contributed by atoms with Crippen LogP contribution >= 0.6 is 0 Å². The summed E-state index contributed by atoms with van der Waals surface area (Å²) in [6.45, 7) is 3.82. The summed E-state index contributed by atoms with van der Waals surface area (Å²) in [5, 5.41) is 0. The molecule has 0 amide bonds. The molecule has 0 spiro atoms. The van der Waals surface area contributed by atoms with Crippen molar-refractivity contribution in [2.24, 2.45) is 0 Å². The molecule has 1 rings (SSSR count). The summed E-state index contributed by atoms with van der Waals surface area (Å²) < 4.78 is 0. The second-order valence-corrected chi connectivity index (χ2v) is 3.85. The Hall–Kier alpha value is -0.460. The first-order valence-corrected chi connectivity index (χ1v) is 5.19. The molecule has 0 aromatic rings. The molecule has 1 nitrogen and oxygen atoms in total. The lowest BCUT2D eigenvalue weighted by Gasteiger charge is -2.28. The zero-order chi connectivity index (χ0) is 8.81. The largest absolute Gasteiger partial charge is 0.378 e. The zero-order valence-electron chi connectivity index (χ0n) is 8.26. The third kappa shape index (κ3) is 2.88. The highest BCUT2D eigenvalue weighted by Gasteiger charge is 2.12. The maximum atomic E-state index is 3.82. The average molecular weight is 167 g/mol. The van der Waals surface area contributed by atoms with Gasteiger partial charge in [0.25, 0.3) is 0 Å². The van der Waals surface area contributed by atoms with Crippen molar-refractivity contribution in [3.8, 4) is 0 Å². The SMILES string of the molecule is C=CN(C)C1CCCCCCC1. The molecule has 12 heavy (non-hydrogen) atoms. The maximum absolute atomic E-state index is 3.82. The summed E-state index contributed by atoms with van der Waals surface area (Å²) in [5.74, 6) is 0. The quantitative estimate of drug-likeness (QED) is 0.610. The van der Waals surface area contributed by atoms with Crippen LogP contribution < -0.4 is 0 Å². The fraction of sp³-hybridized carbons (Fsp3) is 0.818. The molecule has 1 heteroatoms.